The largest absolute Gasteiger partial charge is 0.478 e. The van der Waals surface area contributed by atoms with Crippen molar-refractivity contribution < 1.29 is 44.9 Å². The first-order valence-corrected chi connectivity index (χ1v) is 23.7. The minimum Gasteiger partial charge on any atom is -0.478 e. The molecular weight excluding hydrogens is 886 g/mol. The number of alkyl halides is 1. The van der Waals surface area contributed by atoms with E-state index in [4.69, 9.17) is 25.8 Å². The molecular formula is C51H66FN9O8. The molecule has 370 valence electrons. The van der Waals surface area contributed by atoms with Crippen LogP contribution in [-0.2, 0) is 14.2 Å². The van der Waals surface area contributed by atoms with Gasteiger partial charge in [0.2, 0.25) is 11.9 Å². The smallest absolute Gasteiger partial charge is 0.335 e. The average molecular weight is 953 g/mol. The van der Waals surface area contributed by atoms with Gasteiger partial charge in [0, 0.05) is 79.3 Å². The highest BCUT2D eigenvalue weighted by Gasteiger charge is 2.28. The van der Waals surface area contributed by atoms with E-state index in [1.165, 1.54) is 0 Å². The van der Waals surface area contributed by atoms with Crippen LogP contribution in [0.25, 0.3) is 33.3 Å². The third-order valence-electron chi connectivity index (χ3n) is 13.1. The summed E-state index contributed by atoms with van der Waals surface area (Å²) < 4.78 is 35.2. The summed E-state index contributed by atoms with van der Waals surface area (Å²) in [7, 11) is 2.33. The number of carbonyl (C=O) groups excluding carboxylic acids is 1. The highest BCUT2D eigenvalue weighted by Crippen LogP contribution is 2.39. The van der Waals surface area contributed by atoms with Gasteiger partial charge in [0.1, 0.15) is 0 Å². The molecule has 18 heteroatoms. The van der Waals surface area contributed by atoms with Crippen molar-refractivity contribution in [1.29, 1.82) is 0 Å². The number of anilines is 2. The number of halogens is 1. The molecule has 3 fully saturated rings. The maximum absolute atomic E-state index is 12.9. The number of morpholine rings is 1. The molecule has 4 aromatic heterocycles. The Morgan fingerprint density at radius 1 is 0.725 bits per heavy atom. The molecule has 1 amide bonds. The zero-order valence-corrected chi connectivity index (χ0v) is 39.9. The number of fused-ring (bicyclic) bond motifs is 2. The van der Waals surface area contributed by atoms with Crippen molar-refractivity contribution in [2.75, 3.05) is 71.5 Å². The quantitative estimate of drug-likeness (QED) is 0.0717. The number of aliphatic hydroxyl groups is 2. The lowest BCUT2D eigenvalue weighted by Gasteiger charge is -2.26. The van der Waals surface area contributed by atoms with Gasteiger partial charge in [-0.15, -0.1) is 10.2 Å². The number of hydrogen-bond donors (Lipinski definition) is 5. The number of amides is 1. The number of aromatic carboxylic acids is 1. The monoisotopic (exact) mass is 953 g/mol. The Kier molecular flexibility index (Phi) is 17.2. The first-order valence-electron chi connectivity index (χ1n) is 24.4. The van der Waals surface area contributed by atoms with Crippen LogP contribution >= 0.6 is 0 Å². The van der Waals surface area contributed by atoms with E-state index in [1.54, 1.807) is 32.5 Å². The van der Waals surface area contributed by atoms with Crippen molar-refractivity contribution in [2.24, 2.45) is 0 Å². The number of carboxylic acid groups (broad SMARTS) is 1. The molecule has 2 atom stereocenters. The van der Waals surface area contributed by atoms with Crippen molar-refractivity contribution >= 4 is 34.8 Å². The van der Waals surface area contributed by atoms with E-state index in [2.05, 4.69) is 32.7 Å². The fourth-order valence-corrected chi connectivity index (χ4v) is 9.51. The lowest BCUT2D eigenvalue weighted by Crippen LogP contribution is -2.40. The minimum atomic E-state index is -1.00. The Hall–Kier alpha value is -6.05. The standard InChI is InChI=1S/C27H35N5O4.C23H28N4O4.CH3F/c1-18(17-35-2)29-27-28-16-25-23(15-24(32(25)30-27)20-7-9-22(33)10-8-20)19-3-5-21(6-4-19)26(34)31-11-13-36-14-12-31;1-14(13-31-2)25-23-24-12-21-19(15-3-5-17(6-4-15)22(29)30)11-20(27(21)26-23)16-7-9-18(28)10-8-16;1-2/h3-6,15-16,18,20,22,33H,7-14,17H2,1-2H3,(H,29,30);3-6,11-12,14,16,18,28H,7-10,13H2,1-2H3,(H,25,26)(H,29,30);1H3/t18-,20?,22?;14-,16?,18?;/m00./s1/i;;1D. The van der Waals surface area contributed by atoms with Crippen molar-refractivity contribution in [3.8, 4) is 22.3 Å². The molecule has 1 saturated heterocycles. The van der Waals surface area contributed by atoms with Gasteiger partial charge in [0.15, 0.2) is 0 Å². The van der Waals surface area contributed by atoms with E-state index in [1.807, 2.05) is 70.4 Å². The molecule has 5 N–H and O–H groups in total. The van der Waals surface area contributed by atoms with Crippen molar-refractivity contribution in [3.05, 3.63) is 95.6 Å². The summed E-state index contributed by atoms with van der Waals surface area (Å²) >= 11 is 0. The van der Waals surface area contributed by atoms with Crippen LogP contribution in [0.2, 0.25) is 0 Å². The maximum Gasteiger partial charge on any atom is 0.335 e. The van der Waals surface area contributed by atoms with Crippen LogP contribution < -0.4 is 10.6 Å². The predicted octanol–water partition coefficient (Wildman–Crippen LogP) is 7.48. The SMILES string of the molecule is COC[C@H](C)Nc1ncc2c(-c3ccc(C(=O)N4CCOCC4)cc3)cc(C3CCC(O)CC3)n2n1.COC[C@H](C)Nc1ncc2c(-c3ccc(C(=O)O)cc3)cc(C3CCC(O)CC3)n2n1.[2H]CF. The summed E-state index contributed by atoms with van der Waals surface area (Å²) in [5.74, 6) is 0.782. The Morgan fingerprint density at radius 3 is 1.52 bits per heavy atom. The Labute approximate surface area is 403 Å². The molecule has 5 heterocycles. The van der Waals surface area contributed by atoms with Crippen LogP contribution in [0.4, 0.5) is 16.3 Å². The fraction of sp³-hybridized carbons (Fsp3) is 0.490. The number of carboxylic acids is 1. The normalized spacial score (nSPS) is 20.4. The summed E-state index contributed by atoms with van der Waals surface area (Å²) in [5.41, 5.74) is 8.89. The van der Waals surface area contributed by atoms with E-state index in [0.29, 0.717) is 68.8 Å². The van der Waals surface area contributed by atoms with Gasteiger partial charge in [0.25, 0.3) is 5.91 Å². The Balaban J connectivity index is 0.000000197. The molecule has 6 aromatic rings. The van der Waals surface area contributed by atoms with Crippen molar-refractivity contribution in [2.45, 2.75) is 101 Å². The number of nitrogens with zero attached hydrogens (tertiary/aromatic N) is 7. The molecule has 1 aliphatic heterocycles. The number of aliphatic hydroxyl groups excluding tert-OH is 2. The minimum absolute atomic E-state index is 0.0391. The summed E-state index contributed by atoms with van der Waals surface area (Å²) in [4.78, 5) is 35.0. The van der Waals surface area contributed by atoms with Gasteiger partial charge < -0.3 is 45.1 Å². The Bertz CT molecular complexity index is 2630. The van der Waals surface area contributed by atoms with Gasteiger partial charge >= 0.3 is 5.97 Å². The van der Waals surface area contributed by atoms with E-state index < -0.39 is 13.1 Å². The molecule has 2 aliphatic carbocycles. The number of rotatable bonds is 14. The van der Waals surface area contributed by atoms with Gasteiger partial charge in [-0.3, -0.25) is 9.18 Å². The zero-order chi connectivity index (χ0) is 49.7. The second-order valence-corrected chi connectivity index (χ2v) is 18.1. The summed E-state index contributed by atoms with van der Waals surface area (Å²) in [6.07, 6.45) is 10.0. The second-order valence-electron chi connectivity index (χ2n) is 18.1. The van der Waals surface area contributed by atoms with E-state index in [0.717, 1.165) is 96.0 Å². The predicted molar refractivity (Wildman–Crippen MR) is 262 cm³/mol. The molecule has 3 aliphatic rings. The first-order chi connectivity index (χ1) is 33.9. The van der Waals surface area contributed by atoms with E-state index >= 15 is 0 Å². The number of ether oxygens (including phenoxy) is 3. The first kappa shape index (κ1) is 49.4. The molecule has 9 rings (SSSR count). The second kappa shape index (κ2) is 24.0. The number of hydrogen-bond acceptors (Lipinski definition) is 13. The topological polar surface area (TPSA) is 210 Å². The van der Waals surface area contributed by atoms with Crippen LogP contribution in [0, 0.1) is 0 Å². The molecule has 0 spiro atoms. The molecule has 0 radical (unpaired) electrons. The third-order valence-corrected chi connectivity index (χ3v) is 13.1. The Morgan fingerprint density at radius 2 is 1.13 bits per heavy atom. The molecule has 69 heavy (non-hydrogen) atoms. The zero-order valence-electron chi connectivity index (χ0n) is 40.9. The van der Waals surface area contributed by atoms with E-state index in [-0.39, 0.29) is 35.8 Å². The highest BCUT2D eigenvalue weighted by molar-refractivity contribution is 5.95. The number of carbonyl (C=O) groups is 2. The molecule has 17 nitrogen and oxygen atoms in total. The van der Waals surface area contributed by atoms with Crippen LogP contribution in [0.15, 0.2) is 73.1 Å². The van der Waals surface area contributed by atoms with Gasteiger partial charge in [0.05, 0.1) is 76.2 Å². The number of nitrogens with one attached hydrogen (secondary N) is 2. The lowest BCUT2D eigenvalue weighted by atomic mass is 9.85. The van der Waals surface area contributed by atoms with Gasteiger partial charge in [-0.05, 0) is 113 Å². The van der Waals surface area contributed by atoms with E-state index in [9.17, 15) is 29.3 Å². The van der Waals surface area contributed by atoms with Gasteiger partial charge in [-0.2, -0.15) is 0 Å². The summed E-state index contributed by atoms with van der Waals surface area (Å²) in [6.45, 7) is 7.56. The van der Waals surface area contributed by atoms with Crippen LogP contribution in [0.5, 0.6) is 0 Å². The molecule has 0 unspecified atom stereocenters. The maximum atomic E-state index is 12.9. The molecule has 0 bridgehead atoms. The van der Waals surface area contributed by atoms with Crippen molar-refractivity contribution in [1.82, 2.24) is 34.1 Å². The van der Waals surface area contributed by atoms with Gasteiger partial charge in [-0.25, -0.2) is 23.8 Å². The number of aromatic nitrogens is 6. The number of methoxy groups -OCH3 is 2. The van der Waals surface area contributed by atoms with Gasteiger partial charge in [-0.1, -0.05) is 24.3 Å². The summed E-state index contributed by atoms with van der Waals surface area (Å²) in [6, 6.07) is 19.1. The average Bonchev–Trinajstić information content (AvgIpc) is 3.94. The summed E-state index contributed by atoms with van der Waals surface area (Å²) in [5, 5.41) is 45.4. The van der Waals surface area contributed by atoms with Crippen molar-refractivity contribution in [3.63, 3.8) is 0 Å². The van der Waals surface area contributed by atoms with Crippen LogP contribution in [-0.4, -0.2) is 146 Å². The molecule has 2 aromatic carbocycles. The highest BCUT2D eigenvalue weighted by atomic mass is 19.1. The number of benzene rings is 2. The fourth-order valence-electron chi connectivity index (χ4n) is 9.51. The van der Waals surface area contributed by atoms with Crippen LogP contribution in [0.1, 0.15) is 111 Å². The molecule has 2 saturated carbocycles. The lowest BCUT2D eigenvalue weighted by molar-refractivity contribution is 0.0303. The third kappa shape index (κ3) is 12.4. The van der Waals surface area contributed by atoms with Crippen LogP contribution in [0.3, 0.4) is 0 Å².